The van der Waals surface area contributed by atoms with Crippen LogP contribution in [0.15, 0.2) is 24.3 Å². The van der Waals surface area contributed by atoms with Gasteiger partial charge in [-0.1, -0.05) is 24.3 Å². The molecule has 9 heteroatoms. The first-order valence-corrected chi connectivity index (χ1v) is 7.91. The second-order valence-electron chi connectivity index (χ2n) is 6.80. The Labute approximate surface area is 144 Å². The van der Waals surface area contributed by atoms with Crippen LogP contribution in [-0.4, -0.2) is 31.0 Å². The summed E-state index contributed by atoms with van der Waals surface area (Å²) in [4.78, 5) is 11.4. The summed E-state index contributed by atoms with van der Waals surface area (Å²) in [6, 6.07) is 6.16. The third kappa shape index (κ3) is 5.32. The summed E-state index contributed by atoms with van der Waals surface area (Å²) in [5, 5.41) is 5.71. The molecule has 1 aromatic carbocycles. The largest absolute Gasteiger partial charge is 0.444 e. The quantitative estimate of drug-likeness (QED) is 0.461. The standard InChI is InChI=1S/C16H23F3N4O2/c1-14(2,3)25-13(24)21-9-8-20-10-11-4-6-12(7-5-11)15(22-23-15)16(17,18)19/h4-7,20,22-23H,8-10H2,1-3H3,(H,21,24). The van der Waals surface area contributed by atoms with Gasteiger partial charge in [0.05, 0.1) is 0 Å². The molecule has 0 atom stereocenters. The number of ether oxygens (including phenoxy) is 1. The van der Waals surface area contributed by atoms with Crippen LogP contribution >= 0.6 is 0 Å². The van der Waals surface area contributed by atoms with Crippen molar-refractivity contribution in [2.45, 2.75) is 44.8 Å². The van der Waals surface area contributed by atoms with Crippen molar-refractivity contribution in [3.63, 3.8) is 0 Å². The summed E-state index contributed by atoms with van der Waals surface area (Å²) >= 11 is 0. The molecule has 0 aliphatic carbocycles. The van der Waals surface area contributed by atoms with Crippen LogP contribution in [0, 0.1) is 0 Å². The van der Waals surface area contributed by atoms with Gasteiger partial charge in [0.15, 0.2) is 0 Å². The van der Waals surface area contributed by atoms with Crippen molar-refractivity contribution in [2.24, 2.45) is 0 Å². The van der Waals surface area contributed by atoms with Gasteiger partial charge in [-0.05, 0) is 31.9 Å². The van der Waals surface area contributed by atoms with E-state index < -0.39 is 23.5 Å². The second-order valence-corrected chi connectivity index (χ2v) is 6.80. The van der Waals surface area contributed by atoms with Crippen LogP contribution in [0.3, 0.4) is 0 Å². The highest BCUT2D eigenvalue weighted by atomic mass is 19.4. The highest BCUT2D eigenvalue weighted by Crippen LogP contribution is 2.41. The summed E-state index contributed by atoms with van der Waals surface area (Å²) in [6.07, 6.45) is -4.89. The van der Waals surface area contributed by atoms with Crippen molar-refractivity contribution < 1.29 is 22.7 Å². The molecule has 1 aliphatic heterocycles. The number of hydrogen-bond donors (Lipinski definition) is 4. The van der Waals surface area contributed by atoms with Crippen LogP contribution in [0.2, 0.25) is 0 Å². The minimum Gasteiger partial charge on any atom is -0.444 e. The second kappa shape index (κ2) is 7.19. The van der Waals surface area contributed by atoms with Gasteiger partial charge in [0.1, 0.15) is 5.60 Å². The van der Waals surface area contributed by atoms with Gasteiger partial charge >= 0.3 is 12.3 Å². The maximum Gasteiger partial charge on any atom is 0.426 e. The van der Waals surface area contributed by atoms with E-state index in [9.17, 15) is 18.0 Å². The van der Waals surface area contributed by atoms with E-state index >= 15 is 0 Å². The Morgan fingerprint density at radius 3 is 2.20 bits per heavy atom. The molecule has 0 unspecified atom stereocenters. The molecule has 1 amide bonds. The number of carbonyl (C=O) groups excluding carboxylic acids is 1. The van der Waals surface area contributed by atoms with Gasteiger partial charge < -0.3 is 15.4 Å². The number of halogens is 3. The highest BCUT2D eigenvalue weighted by Gasteiger charge is 2.65. The smallest absolute Gasteiger partial charge is 0.426 e. The Kier molecular flexibility index (Phi) is 5.60. The molecule has 0 saturated carbocycles. The molecule has 1 fully saturated rings. The Balaban J connectivity index is 1.72. The molecule has 0 aromatic heterocycles. The molecule has 2 rings (SSSR count). The first-order valence-electron chi connectivity index (χ1n) is 7.91. The molecule has 0 spiro atoms. The molecular weight excluding hydrogens is 337 g/mol. The van der Waals surface area contributed by atoms with Crippen LogP contribution in [-0.2, 0) is 16.9 Å². The van der Waals surface area contributed by atoms with E-state index in [4.69, 9.17) is 4.74 Å². The van der Waals surface area contributed by atoms with E-state index in [1.807, 2.05) is 0 Å². The number of amides is 1. The number of carbonyl (C=O) groups is 1. The lowest BCUT2D eigenvalue weighted by atomic mass is 10.0. The maximum absolute atomic E-state index is 13.0. The topological polar surface area (TPSA) is 94.2 Å². The molecule has 140 valence electrons. The summed E-state index contributed by atoms with van der Waals surface area (Å²) in [5.74, 6) is 0. The molecule has 1 saturated heterocycles. The van der Waals surface area contributed by atoms with Crippen molar-refractivity contribution in [3.8, 4) is 0 Å². The molecule has 0 radical (unpaired) electrons. The van der Waals surface area contributed by atoms with Crippen molar-refractivity contribution in [1.29, 1.82) is 0 Å². The molecule has 25 heavy (non-hydrogen) atoms. The number of alkyl carbamates (subject to hydrolysis) is 1. The first kappa shape index (κ1) is 19.5. The van der Waals surface area contributed by atoms with Crippen molar-refractivity contribution in [2.75, 3.05) is 13.1 Å². The van der Waals surface area contributed by atoms with Crippen molar-refractivity contribution >= 4 is 6.09 Å². The van der Waals surface area contributed by atoms with E-state index in [1.165, 1.54) is 12.1 Å². The zero-order chi connectivity index (χ0) is 18.7. The summed E-state index contributed by atoms with van der Waals surface area (Å²) in [7, 11) is 0. The molecule has 1 aromatic rings. The van der Waals surface area contributed by atoms with Gasteiger partial charge in [0, 0.05) is 19.6 Å². The summed E-state index contributed by atoms with van der Waals surface area (Å²) in [6.45, 7) is 6.73. The number of hydrogen-bond acceptors (Lipinski definition) is 5. The van der Waals surface area contributed by atoms with Crippen LogP contribution in [0.1, 0.15) is 31.9 Å². The van der Waals surface area contributed by atoms with Gasteiger partial charge in [-0.3, -0.25) is 0 Å². The molecule has 0 bridgehead atoms. The monoisotopic (exact) mass is 360 g/mol. The number of hydrazine groups is 1. The van der Waals surface area contributed by atoms with Crippen molar-refractivity contribution in [3.05, 3.63) is 35.4 Å². The first-order chi connectivity index (χ1) is 11.5. The van der Waals surface area contributed by atoms with E-state index in [1.54, 1.807) is 32.9 Å². The minimum atomic E-state index is -4.40. The Hall–Kier alpha value is -1.84. The molecular formula is C16H23F3N4O2. The number of alkyl halides is 3. The van der Waals surface area contributed by atoms with Crippen LogP contribution in [0.4, 0.5) is 18.0 Å². The fourth-order valence-corrected chi connectivity index (χ4v) is 2.18. The SMILES string of the molecule is CC(C)(C)OC(=O)NCCNCc1ccc(C2(C(F)(F)F)NN2)cc1. The lowest BCUT2D eigenvalue weighted by Crippen LogP contribution is -2.36. The van der Waals surface area contributed by atoms with E-state index in [0.717, 1.165) is 5.56 Å². The van der Waals surface area contributed by atoms with Gasteiger partial charge in [0.2, 0.25) is 5.66 Å². The average Bonchev–Trinajstić information content (AvgIpc) is 3.27. The predicted molar refractivity (Wildman–Crippen MR) is 86.4 cm³/mol. The molecule has 1 heterocycles. The van der Waals surface area contributed by atoms with Crippen LogP contribution in [0.25, 0.3) is 0 Å². The summed E-state index contributed by atoms with van der Waals surface area (Å²) in [5.41, 5.74) is 2.63. The van der Waals surface area contributed by atoms with Gasteiger partial charge in [-0.15, -0.1) is 0 Å². The van der Waals surface area contributed by atoms with Crippen LogP contribution < -0.4 is 21.5 Å². The molecule has 4 N–H and O–H groups in total. The number of rotatable bonds is 6. The molecule has 1 aliphatic rings. The van der Waals surface area contributed by atoms with Gasteiger partial charge in [-0.2, -0.15) is 13.2 Å². The van der Waals surface area contributed by atoms with Crippen molar-refractivity contribution in [1.82, 2.24) is 21.5 Å². The third-order valence-electron chi connectivity index (χ3n) is 3.49. The normalized spacial score (nSPS) is 16.4. The minimum absolute atomic E-state index is 0.121. The fraction of sp³-hybridized carbons (Fsp3) is 0.562. The van der Waals surface area contributed by atoms with Gasteiger partial charge in [-0.25, -0.2) is 15.6 Å². The number of nitrogens with one attached hydrogen (secondary N) is 4. The Bertz CT molecular complexity index is 593. The zero-order valence-corrected chi connectivity index (χ0v) is 14.4. The lowest BCUT2D eigenvalue weighted by molar-refractivity contribution is -0.165. The van der Waals surface area contributed by atoms with Crippen LogP contribution in [0.5, 0.6) is 0 Å². The van der Waals surface area contributed by atoms with E-state index in [2.05, 4.69) is 21.5 Å². The molecule has 6 nitrogen and oxygen atoms in total. The Morgan fingerprint density at radius 1 is 1.12 bits per heavy atom. The van der Waals surface area contributed by atoms with Gasteiger partial charge in [0.25, 0.3) is 0 Å². The third-order valence-corrected chi connectivity index (χ3v) is 3.49. The highest BCUT2D eigenvalue weighted by molar-refractivity contribution is 5.67. The van der Waals surface area contributed by atoms with E-state index in [0.29, 0.717) is 19.6 Å². The lowest BCUT2D eigenvalue weighted by Gasteiger charge is -2.19. The Morgan fingerprint density at radius 2 is 1.72 bits per heavy atom. The zero-order valence-electron chi connectivity index (χ0n) is 14.4. The predicted octanol–water partition coefficient (Wildman–Crippen LogP) is 2.12. The summed E-state index contributed by atoms with van der Waals surface area (Å²) < 4.78 is 44.0. The fourth-order valence-electron chi connectivity index (χ4n) is 2.18. The maximum atomic E-state index is 13.0. The average molecular weight is 360 g/mol. The van der Waals surface area contributed by atoms with E-state index in [-0.39, 0.29) is 5.56 Å². The number of benzene rings is 1.